The molecule has 0 spiro atoms. The highest BCUT2D eigenvalue weighted by Crippen LogP contribution is 2.32. The van der Waals surface area contributed by atoms with E-state index in [1.165, 1.54) is 0 Å². The predicted molar refractivity (Wildman–Crippen MR) is 102 cm³/mol. The standard InChI is InChI=1S/C19H25N5OS/c1-12(2)18-21-13(3)6-17(22-18)23-7-14-4-5-16(9-23)24(19(14)25)8-15-10-26-11-20-15/h6,10-12,14,16H,4-5,7-9H2,1-3H3/t14-,16+/m1/s1. The van der Waals surface area contributed by atoms with Crippen LogP contribution in [0.2, 0.25) is 0 Å². The molecule has 6 nitrogen and oxygen atoms in total. The number of piperidine rings is 1. The van der Waals surface area contributed by atoms with Crippen LogP contribution in [0.3, 0.4) is 0 Å². The maximum Gasteiger partial charge on any atom is 0.228 e. The lowest BCUT2D eigenvalue weighted by Gasteiger charge is -2.35. The van der Waals surface area contributed by atoms with Gasteiger partial charge in [0.1, 0.15) is 11.6 Å². The molecule has 0 radical (unpaired) electrons. The van der Waals surface area contributed by atoms with Crippen molar-refractivity contribution in [2.75, 3.05) is 18.0 Å². The van der Waals surface area contributed by atoms with Crippen LogP contribution in [0.25, 0.3) is 0 Å². The van der Waals surface area contributed by atoms with E-state index in [-0.39, 0.29) is 17.9 Å². The van der Waals surface area contributed by atoms with E-state index in [1.807, 2.05) is 28.8 Å². The van der Waals surface area contributed by atoms with Gasteiger partial charge in [-0.25, -0.2) is 15.0 Å². The van der Waals surface area contributed by atoms with Crippen molar-refractivity contribution < 1.29 is 4.79 Å². The van der Waals surface area contributed by atoms with Crippen LogP contribution >= 0.6 is 11.3 Å². The maximum atomic E-state index is 13.0. The molecule has 138 valence electrons. The Morgan fingerprint density at radius 1 is 1.27 bits per heavy atom. The highest BCUT2D eigenvalue weighted by Gasteiger charge is 2.41. The second kappa shape index (κ2) is 6.95. The van der Waals surface area contributed by atoms with Gasteiger partial charge in [-0.05, 0) is 19.8 Å². The smallest absolute Gasteiger partial charge is 0.228 e. The first-order valence-corrected chi connectivity index (χ1v) is 10.2. The number of rotatable bonds is 4. The monoisotopic (exact) mass is 371 g/mol. The molecule has 5 rings (SSSR count). The molecule has 0 unspecified atom stereocenters. The minimum absolute atomic E-state index is 0.0464. The molecule has 3 aliphatic rings. The van der Waals surface area contributed by atoms with Gasteiger partial charge in [0.25, 0.3) is 0 Å². The van der Waals surface area contributed by atoms with Crippen LogP contribution < -0.4 is 4.90 Å². The molecule has 0 aromatic carbocycles. The third kappa shape index (κ3) is 3.32. The van der Waals surface area contributed by atoms with E-state index in [2.05, 4.69) is 28.7 Å². The van der Waals surface area contributed by atoms with Gasteiger partial charge in [-0.1, -0.05) is 13.8 Å². The van der Waals surface area contributed by atoms with Gasteiger partial charge >= 0.3 is 0 Å². The average Bonchev–Trinajstić information content (AvgIpc) is 2.97. The topological polar surface area (TPSA) is 62.2 Å². The minimum Gasteiger partial charge on any atom is -0.354 e. The first kappa shape index (κ1) is 17.4. The van der Waals surface area contributed by atoms with Crippen LogP contribution in [0.4, 0.5) is 5.82 Å². The van der Waals surface area contributed by atoms with Crippen LogP contribution in [-0.2, 0) is 11.3 Å². The number of hydrogen-bond donors (Lipinski definition) is 0. The molecule has 2 bridgehead atoms. The van der Waals surface area contributed by atoms with E-state index in [4.69, 9.17) is 4.98 Å². The fourth-order valence-corrected chi connectivity index (χ4v) is 4.47. The maximum absolute atomic E-state index is 13.0. The third-order valence-corrected chi connectivity index (χ3v) is 5.94. The molecule has 1 amide bonds. The summed E-state index contributed by atoms with van der Waals surface area (Å²) in [5, 5.41) is 2.03. The van der Waals surface area contributed by atoms with E-state index in [9.17, 15) is 4.79 Å². The summed E-state index contributed by atoms with van der Waals surface area (Å²) in [5.74, 6) is 2.44. The van der Waals surface area contributed by atoms with Crippen LogP contribution in [0.15, 0.2) is 17.0 Å². The van der Waals surface area contributed by atoms with Gasteiger partial charge in [-0.15, -0.1) is 11.3 Å². The van der Waals surface area contributed by atoms with Crippen LogP contribution in [0.5, 0.6) is 0 Å². The van der Waals surface area contributed by atoms with E-state index < -0.39 is 0 Å². The van der Waals surface area contributed by atoms with Crippen molar-refractivity contribution in [2.45, 2.75) is 52.1 Å². The molecule has 3 saturated heterocycles. The molecule has 2 atom stereocenters. The van der Waals surface area contributed by atoms with Crippen molar-refractivity contribution in [1.82, 2.24) is 19.9 Å². The molecule has 3 fully saturated rings. The Hall–Kier alpha value is -2.02. The number of carbonyl (C=O) groups excluding carboxylic acids is 1. The first-order valence-electron chi connectivity index (χ1n) is 9.29. The number of nitrogens with zero attached hydrogens (tertiary/aromatic N) is 5. The molecule has 3 aliphatic heterocycles. The summed E-state index contributed by atoms with van der Waals surface area (Å²) in [6.07, 6.45) is 2.02. The Bertz CT molecular complexity index is 791. The fraction of sp³-hybridized carbons (Fsp3) is 0.579. The van der Waals surface area contributed by atoms with Crippen LogP contribution in [0.1, 0.15) is 49.8 Å². The van der Waals surface area contributed by atoms with Gasteiger partial charge in [0.2, 0.25) is 5.91 Å². The number of carbonyl (C=O) groups is 1. The van der Waals surface area contributed by atoms with Gasteiger partial charge in [0.15, 0.2) is 0 Å². The van der Waals surface area contributed by atoms with Crippen molar-refractivity contribution in [1.29, 1.82) is 0 Å². The Morgan fingerprint density at radius 3 is 2.85 bits per heavy atom. The summed E-state index contributed by atoms with van der Waals surface area (Å²) in [7, 11) is 0. The van der Waals surface area contributed by atoms with Crippen molar-refractivity contribution in [3.05, 3.63) is 34.2 Å². The van der Waals surface area contributed by atoms with Gasteiger partial charge in [0.05, 0.1) is 23.7 Å². The van der Waals surface area contributed by atoms with E-state index >= 15 is 0 Å². The Balaban J connectivity index is 1.61. The SMILES string of the molecule is Cc1cc(N2C[C@H]3CC[C@@H](C2)N(Cc2cscn2)C3=O)nc(C(C)C)n1. The summed E-state index contributed by atoms with van der Waals surface area (Å²) in [6, 6.07) is 2.27. The third-order valence-electron chi connectivity index (χ3n) is 5.31. The van der Waals surface area contributed by atoms with Gasteiger partial charge in [-0.2, -0.15) is 0 Å². The number of fused-ring (bicyclic) bond motifs is 4. The normalized spacial score (nSPS) is 23.0. The highest BCUT2D eigenvalue weighted by atomic mass is 32.1. The van der Waals surface area contributed by atoms with E-state index in [0.29, 0.717) is 12.5 Å². The lowest BCUT2D eigenvalue weighted by atomic mass is 9.94. The molecule has 0 saturated carbocycles. The molecule has 0 aliphatic carbocycles. The zero-order valence-electron chi connectivity index (χ0n) is 15.6. The molecule has 2 aromatic rings. The first-order chi connectivity index (χ1) is 12.5. The van der Waals surface area contributed by atoms with Gasteiger partial charge in [0, 0.05) is 42.2 Å². The summed E-state index contributed by atoms with van der Waals surface area (Å²) in [5.41, 5.74) is 3.81. The lowest BCUT2D eigenvalue weighted by molar-refractivity contribution is -0.140. The Kier molecular flexibility index (Phi) is 4.65. The molecule has 0 N–H and O–H groups in total. The second-order valence-corrected chi connectivity index (χ2v) is 8.38. The number of aromatic nitrogens is 3. The quantitative estimate of drug-likeness (QED) is 0.827. The van der Waals surface area contributed by atoms with Crippen LogP contribution in [-0.4, -0.2) is 44.9 Å². The summed E-state index contributed by atoms with van der Waals surface area (Å²) in [4.78, 5) is 31.1. The van der Waals surface area contributed by atoms with Crippen molar-refractivity contribution in [3.63, 3.8) is 0 Å². The van der Waals surface area contributed by atoms with Crippen molar-refractivity contribution in [2.24, 2.45) is 5.92 Å². The molecule has 26 heavy (non-hydrogen) atoms. The number of anilines is 1. The molecule has 5 heterocycles. The van der Waals surface area contributed by atoms with E-state index in [0.717, 1.165) is 49.0 Å². The molecular weight excluding hydrogens is 346 g/mol. The van der Waals surface area contributed by atoms with E-state index in [1.54, 1.807) is 11.3 Å². The zero-order chi connectivity index (χ0) is 18.3. The Morgan fingerprint density at radius 2 is 2.12 bits per heavy atom. The number of amides is 1. The number of aryl methyl sites for hydroxylation is 1. The van der Waals surface area contributed by atoms with Gasteiger partial charge < -0.3 is 9.80 Å². The molecular formula is C19H25N5OS. The number of thiazole rings is 1. The van der Waals surface area contributed by atoms with Gasteiger partial charge in [-0.3, -0.25) is 4.79 Å². The van der Waals surface area contributed by atoms with Crippen molar-refractivity contribution in [3.8, 4) is 0 Å². The molecule has 7 heteroatoms. The second-order valence-electron chi connectivity index (χ2n) is 7.66. The minimum atomic E-state index is 0.0464. The Labute approximate surface area is 158 Å². The number of hydrogen-bond acceptors (Lipinski definition) is 6. The highest BCUT2D eigenvalue weighted by molar-refractivity contribution is 7.07. The predicted octanol–water partition coefficient (Wildman–Crippen LogP) is 2.99. The summed E-state index contributed by atoms with van der Waals surface area (Å²) in [6.45, 7) is 8.45. The average molecular weight is 372 g/mol. The molecule has 2 aromatic heterocycles. The lowest BCUT2D eigenvalue weighted by Crippen LogP contribution is -2.47. The summed E-state index contributed by atoms with van der Waals surface area (Å²) < 4.78 is 0. The fourth-order valence-electron chi connectivity index (χ4n) is 3.92. The zero-order valence-corrected chi connectivity index (χ0v) is 16.4. The van der Waals surface area contributed by atoms with Crippen LogP contribution in [0, 0.1) is 12.8 Å². The van der Waals surface area contributed by atoms with Crippen molar-refractivity contribution >= 4 is 23.1 Å². The summed E-state index contributed by atoms with van der Waals surface area (Å²) >= 11 is 1.58. The largest absolute Gasteiger partial charge is 0.354 e.